The molecule has 0 aromatic heterocycles. The summed E-state index contributed by atoms with van der Waals surface area (Å²) in [4.78, 5) is 38.3. The number of rotatable bonds is 64. The van der Waals surface area contributed by atoms with Crippen molar-refractivity contribution in [2.75, 3.05) is 13.2 Å². The minimum absolute atomic E-state index is 0.0675. The maximum atomic E-state index is 12.9. The van der Waals surface area contributed by atoms with Crippen molar-refractivity contribution in [3.8, 4) is 0 Å². The van der Waals surface area contributed by atoms with Gasteiger partial charge in [-0.1, -0.05) is 344 Å². The first-order valence-electron chi connectivity index (χ1n) is 34.9. The molecule has 0 saturated carbocycles. The van der Waals surface area contributed by atoms with E-state index in [9.17, 15) is 14.4 Å². The van der Waals surface area contributed by atoms with E-state index in [1.807, 2.05) is 0 Å². The number of carbonyl (C=O) groups is 3. The summed E-state index contributed by atoms with van der Waals surface area (Å²) in [6.45, 7) is 6.57. The van der Waals surface area contributed by atoms with E-state index >= 15 is 0 Å². The first kappa shape index (κ1) is 76.9. The highest BCUT2D eigenvalue weighted by atomic mass is 16.6. The molecule has 0 fully saturated rings. The first-order valence-corrected chi connectivity index (χ1v) is 34.9. The Bertz CT molecular complexity index is 1470. The molecule has 1 atom stereocenters. The summed E-state index contributed by atoms with van der Waals surface area (Å²) >= 11 is 0. The zero-order chi connectivity index (χ0) is 57.8. The van der Waals surface area contributed by atoms with Crippen LogP contribution in [0.15, 0.2) is 72.9 Å². The topological polar surface area (TPSA) is 78.9 Å². The van der Waals surface area contributed by atoms with Crippen LogP contribution >= 0.6 is 0 Å². The van der Waals surface area contributed by atoms with E-state index in [0.717, 1.165) is 96.3 Å². The molecular formula is C74H132O6. The minimum atomic E-state index is -0.769. The van der Waals surface area contributed by atoms with Gasteiger partial charge in [-0.3, -0.25) is 14.4 Å². The third kappa shape index (κ3) is 65.7. The van der Waals surface area contributed by atoms with E-state index in [4.69, 9.17) is 14.2 Å². The van der Waals surface area contributed by atoms with Gasteiger partial charge in [0.1, 0.15) is 13.2 Å². The highest BCUT2D eigenvalue weighted by molar-refractivity contribution is 5.71. The molecule has 0 heterocycles. The Labute approximate surface area is 497 Å². The summed E-state index contributed by atoms with van der Waals surface area (Å²) in [5.74, 6) is -0.846. The van der Waals surface area contributed by atoms with Crippen LogP contribution in [0.25, 0.3) is 0 Å². The van der Waals surface area contributed by atoms with Crippen LogP contribution in [0.4, 0.5) is 0 Å². The van der Waals surface area contributed by atoms with Crippen molar-refractivity contribution < 1.29 is 28.6 Å². The van der Waals surface area contributed by atoms with E-state index in [-0.39, 0.29) is 31.1 Å². The fourth-order valence-electron chi connectivity index (χ4n) is 10.3. The van der Waals surface area contributed by atoms with Crippen molar-refractivity contribution in [2.45, 2.75) is 367 Å². The maximum Gasteiger partial charge on any atom is 0.306 e. The van der Waals surface area contributed by atoms with Gasteiger partial charge in [0.25, 0.3) is 0 Å². The lowest BCUT2D eigenvalue weighted by atomic mass is 10.0. The van der Waals surface area contributed by atoms with Crippen molar-refractivity contribution in [3.63, 3.8) is 0 Å². The highest BCUT2D eigenvalue weighted by Crippen LogP contribution is 2.18. The Morgan fingerprint density at radius 3 is 0.762 bits per heavy atom. The summed E-state index contributed by atoms with van der Waals surface area (Å²) in [6, 6.07) is 0. The van der Waals surface area contributed by atoms with Crippen LogP contribution in [0.5, 0.6) is 0 Å². The molecule has 0 aliphatic heterocycles. The van der Waals surface area contributed by atoms with E-state index in [1.54, 1.807) is 0 Å². The number of hydrogen-bond donors (Lipinski definition) is 0. The van der Waals surface area contributed by atoms with Crippen LogP contribution in [0, 0.1) is 0 Å². The molecule has 0 N–H and O–H groups in total. The Balaban J connectivity index is 4.07. The predicted molar refractivity (Wildman–Crippen MR) is 348 cm³/mol. The molecule has 0 radical (unpaired) electrons. The van der Waals surface area contributed by atoms with Gasteiger partial charge in [-0.2, -0.15) is 0 Å². The van der Waals surface area contributed by atoms with Gasteiger partial charge < -0.3 is 14.2 Å². The molecular weight excluding hydrogens is 985 g/mol. The highest BCUT2D eigenvalue weighted by Gasteiger charge is 2.19. The van der Waals surface area contributed by atoms with Crippen LogP contribution in [-0.2, 0) is 28.6 Å². The number of allylic oxidation sites excluding steroid dienone is 12. The first-order chi connectivity index (χ1) is 39.5. The van der Waals surface area contributed by atoms with Gasteiger partial charge in [0.15, 0.2) is 6.10 Å². The summed E-state index contributed by atoms with van der Waals surface area (Å²) < 4.78 is 16.9. The monoisotopic (exact) mass is 1120 g/mol. The van der Waals surface area contributed by atoms with Gasteiger partial charge in [-0.05, 0) is 70.6 Å². The van der Waals surface area contributed by atoms with Gasteiger partial charge in [-0.15, -0.1) is 0 Å². The summed E-state index contributed by atoms with van der Waals surface area (Å²) in [5.41, 5.74) is 0. The van der Waals surface area contributed by atoms with E-state index in [0.29, 0.717) is 19.3 Å². The second kappa shape index (κ2) is 68.3. The molecule has 0 spiro atoms. The van der Waals surface area contributed by atoms with Crippen molar-refractivity contribution in [3.05, 3.63) is 72.9 Å². The fraction of sp³-hybridized carbons (Fsp3) is 0.797. The molecule has 0 rings (SSSR count). The molecule has 0 bridgehead atoms. The summed E-state index contributed by atoms with van der Waals surface area (Å²) in [6.07, 6.45) is 89.4. The van der Waals surface area contributed by atoms with Crippen LogP contribution in [-0.4, -0.2) is 37.2 Å². The van der Waals surface area contributed by atoms with Crippen LogP contribution in [0.1, 0.15) is 361 Å². The third-order valence-electron chi connectivity index (χ3n) is 15.5. The van der Waals surface area contributed by atoms with Gasteiger partial charge in [-0.25, -0.2) is 0 Å². The molecule has 0 aromatic rings. The van der Waals surface area contributed by atoms with Crippen molar-refractivity contribution >= 4 is 17.9 Å². The quantitative estimate of drug-likeness (QED) is 0.0261. The molecule has 1 unspecified atom stereocenters. The number of carbonyl (C=O) groups excluding carboxylic acids is 3. The van der Waals surface area contributed by atoms with Crippen molar-refractivity contribution in [1.29, 1.82) is 0 Å². The lowest BCUT2D eigenvalue weighted by Crippen LogP contribution is -2.30. The maximum absolute atomic E-state index is 12.9. The molecule has 0 amide bonds. The number of esters is 3. The minimum Gasteiger partial charge on any atom is -0.462 e. The molecule has 6 heteroatoms. The summed E-state index contributed by atoms with van der Waals surface area (Å²) in [5, 5.41) is 0. The molecule has 0 aliphatic carbocycles. The second-order valence-corrected chi connectivity index (χ2v) is 23.4. The Morgan fingerprint density at radius 1 is 0.263 bits per heavy atom. The fourth-order valence-corrected chi connectivity index (χ4v) is 10.3. The number of unbranched alkanes of at least 4 members (excludes halogenated alkanes) is 41. The second-order valence-electron chi connectivity index (χ2n) is 23.4. The molecule has 464 valence electrons. The van der Waals surface area contributed by atoms with Gasteiger partial charge >= 0.3 is 17.9 Å². The largest absolute Gasteiger partial charge is 0.462 e. The van der Waals surface area contributed by atoms with Crippen molar-refractivity contribution in [1.82, 2.24) is 0 Å². The molecule has 0 saturated heterocycles. The lowest BCUT2D eigenvalue weighted by molar-refractivity contribution is -0.167. The Morgan fingerprint density at radius 2 is 0.487 bits per heavy atom. The smallest absolute Gasteiger partial charge is 0.306 e. The van der Waals surface area contributed by atoms with Crippen molar-refractivity contribution in [2.24, 2.45) is 0 Å². The van der Waals surface area contributed by atoms with Gasteiger partial charge in [0, 0.05) is 19.3 Å². The van der Waals surface area contributed by atoms with Crippen LogP contribution in [0.3, 0.4) is 0 Å². The Kier molecular flexibility index (Phi) is 65.7. The SMILES string of the molecule is CC/C=C\C/C=C\C/C=C\C/C=C\C/C=C\C/C=C\CCCCCCCCCCCCCCCCCCC(=O)OCC(COC(=O)CCCCCCCCCCCC)OC(=O)CCCCCCCCCCCCCCCCCCC. The Hall–Kier alpha value is -3.15. The van der Waals surface area contributed by atoms with E-state index in [2.05, 4.69) is 93.7 Å². The lowest BCUT2D eigenvalue weighted by Gasteiger charge is -2.18. The van der Waals surface area contributed by atoms with E-state index < -0.39 is 6.10 Å². The normalized spacial score (nSPS) is 12.5. The number of ether oxygens (including phenoxy) is 3. The standard InChI is InChI=1S/C74H132O6/c1-4-7-10-13-16-19-22-24-26-28-29-30-31-32-33-34-35-36-37-38-39-40-41-42-43-44-45-47-48-50-52-55-58-61-64-67-73(76)79-70-71(69-78-72(75)66-63-60-57-54-21-18-15-12-9-6-3)80-74(77)68-65-62-59-56-53-51-49-46-27-25-23-20-17-14-11-8-5-2/h7,10,16,19,24,26,29-30,32-33,35-36,71H,4-6,8-9,11-15,17-18,20-23,25,27-28,31,34,37-70H2,1-3H3/b10-7-,19-16-,26-24-,30-29-,33-32-,36-35-. The molecule has 80 heavy (non-hydrogen) atoms. The average molecular weight is 1120 g/mol. The van der Waals surface area contributed by atoms with Gasteiger partial charge in [0.2, 0.25) is 0 Å². The zero-order valence-corrected chi connectivity index (χ0v) is 53.3. The molecule has 0 aromatic carbocycles. The summed E-state index contributed by atoms with van der Waals surface area (Å²) in [7, 11) is 0. The van der Waals surface area contributed by atoms with Crippen LogP contribution < -0.4 is 0 Å². The third-order valence-corrected chi connectivity index (χ3v) is 15.5. The molecule has 0 aliphatic rings. The average Bonchev–Trinajstić information content (AvgIpc) is 3.46. The van der Waals surface area contributed by atoms with Crippen LogP contribution in [0.2, 0.25) is 0 Å². The zero-order valence-electron chi connectivity index (χ0n) is 53.3. The van der Waals surface area contributed by atoms with Gasteiger partial charge in [0.05, 0.1) is 0 Å². The van der Waals surface area contributed by atoms with E-state index in [1.165, 1.54) is 225 Å². The molecule has 6 nitrogen and oxygen atoms in total. The predicted octanol–water partition coefficient (Wildman–Crippen LogP) is 24.1. The number of hydrogen-bond acceptors (Lipinski definition) is 6.